The molecule has 1 fully saturated rings. The molecule has 176 valence electrons. The van der Waals surface area contributed by atoms with Gasteiger partial charge in [-0.2, -0.15) is 15.5 Å². The minimum Gasteiger partial charge on any atom is -0.362 e. The Bertz CT molecular complexity index is 1330. The average Bonchev–Trinajstić information content (AvgIpc) is 3.57. The molecule has 3 aromatic rings. The molecule has 0 bridgehead atoms. The number of carbonyl (C=O) groups excluding carboxylic acids is 1. The molecule has 0 aromatic carbocycles. The van der Waals surface area contributed by atoms with Crippen LogP contribution in [0, 0.1) is 17.1 Å². The minimum atomic E-state index is -0.441. The minimum absolute atomic E-state index is 0.0759. The molecule has 0 unspecified atom stereocenters. The number of rotatable bonds is 2. The number of amides is 1. The van der Waals surface area contributed by atoms with Crippen LogP contribution in [-0.4, -0.2) is 55.4 Å². The monoisotopic (exact) mass is 462 g/mol. The Morgan fingerprint density at radius 2 is 2.12 bits per heavy atom. The summed E-state index contributed by atoms with van der Waals surface area (Å²) in [6.07, 6.45) is 3.85. The highest BCUT2D eigenvalue weighted by Crippen LogP contribution is 2.35. The van der Waals surface area contributed by atoms with Gasteiger partial charge in [-0.15, -0.1) is 0 Å². The molecule has 3 aliphatic rings. The number of pyridine rings is 1. The molecule has 0 aliphatic carbocycles. The van der Waals surface area contributed by atoms with E-state index in [0.29, 0.717) is 30.8 Å². The van der Waals surface area contributed by atoms with Crippen LogP contribution in [-0.2, 0) is 24.3 Å². The van der Waals surface area contributed by atoms with Gasteiger partial charge in [-0.25, -0.2) is 8.91 Å². The van der Waals surface area contributed by atoms with Crippen molar-refractivity contribution < 1.29 is 9.18 Å². The fourth-order valence-electron chi connectivity index (χ4n) is 5.78. The van der Waals surface area contributed by atoms with Crippen molar-refractivity contribution in [1.29, 1.82) is 5.26 Å². The number of hydrogen-bond donors (Lipinski definition) is 1. The highest BCUT2D eigenvalue weighted by molar-refractivity contribution is 5.82. The van der Waals surface area contributed by atoms with E-state index < -0.39 is 5.82 Å². The smallest absolute Gasteiger partial charge is 0.240 e. The normalized spacial score (nSPS) is 24.2. The molecule has 1 amide bonds. The van der Waals surface area contributed by atoms with Crippen molar-refractivity contribution in [3.8, 4) is 6.07 Å². The summed E-state index contributed by atoms with van der Waals surface area (Å²) >= 11 is 0. The first-order chi connectivity index (χ1) is 16.5. The van der Waals surface area contributed by atoms with E-state index in [2.05, 4.69) is 39.9 Å². The molecular formula is C24H27FN8O. The van der Waals surface area contributed by atoms with E-state index in [9.17, 15) is 14.4 Å². The maximum Gasteiger partial charge on any atom is 0.240 e. The van der Waals surface area contributed by atoms with Gasteiger partial charge in [-0.1, -0.05) is 0 Å². The summed E-state index contributed by atoms with van der Waals surface area (Å²) < 4.78 is 18.2. The van der Waals surface area contributed by atoms with Crippen molar-refractivity contribution in [1.82, 2.24) is 29.6 Å². The third kappa shape index (κ3) is 3.10. The Hall–Kier alpha value is -3.45. The van der Waals surface area contributed by atoms with Crippen LogP contribution in [0.5, 0.6) is 0 Å². The van der Waals surface area contributed by atoms with Crippen LogP contribution in [0.25, 0.3) is 5.52 Å². The van der Waals surface area contributed by atoms with Crippen molar-refractivity contribution in [2.75, 3.05) is 18.0 Å². The third-order valence-corrected chi connectivity index (χ3v) is 7.49. The van der Waals surface area contributed by atoms with Crippen LogP contribution in [0.3, 0.4) is 0 Å². The van der Waals surface area contributed by atoms with Crippen LogP contribution in [0.4, 0.5) is 10.1 Å². The largest absolute Gasteiger partial charge is 0.362 e. The molecule has 6 heterocycles. The first kappa shape index (κ1) is 21.1. The van der Waals surface area contributed by atoms with Crippen LogP contribution < -0.4 is 10.2 Å². The number of nitriles is 1. The summed E-state index contributed by atoms with van der Waals surface area (Å²) in [6.45, 7) is 6.88. The maximum atomic E-state index is 14.7. The van der Waals surface area contributed by atoms with Gasteiger partial charge in [-0.3, -0.25) is 9.48 Å². The predicted molar refractivity (Wildman–Crippen MR) is 123 cm³/mol. The highest BCUT2D eigenvalue weighted by atomic mass is 19.1. The maximum absolute atomic E-state index is 14.7. The van der Waals surface area contributed by atoms with Gasteiger partial charge in [0.15, 0.2) is 5.82 Å². The van der Waals surface area contributed by atoms with Crippen molar-refractivity contribution in [3.05, 3.63) is 46.8 Å². The van der Waals surface area contributed by atoms with E-state index in [0.717, 1.165) is 49.1 Å². The SMILES string of the molecule is C[C@@H]1CN(c2ccc(C#N)n3ncc(F)c23)Cc2c3c(nn21)CN(C(=O)[C@@H]1CCCN1)[C@@H](C)C3. The Labute approximate surface area is 196 Å². The molecule has 3 aromatic heterocycles. The van der Waals surface area contributed by atoms with Crippen LogP contribution in [0.2, 0.25) is 0 Å². The van der Waals surface area contributed by atoms with Crippen molar-refractivity contribution in [2.45, 2.75) is 64.3 Å². The number of hydrogen-bond acceptors (Lipinski definition) is 6. The van der Waals surface area contributed by atoms with E-state index in [1.807, 2.05) is 11.0 Å². The molecule has 3 atom stereocenters. The molecule has 0 radical (unpaired) electrons. The van der Waals surface area contributed by atoms with Crippen molar-refractivity contribution >= 4 is 17.1 Å². The fourth-order valence-corrected chi connectivity index (χ4v) is 5.78. The molecule has 0 spiro atoms. The lowest BCUT2D eigenvalue weighted by molar-refractivity contribution is -0.136. The van der Waals surface area contributed by atoms with Gasteiger partial charge < -0.3 is 15.1 Å². The lowest BCUT2D eigenvalue weighted by Crippen LogP contribution is -2.49. The zero-order valence-electron chi connectivity index (χ0n) is 19.3. The summed E-state index contributed by atoms with van der Waals surface area (Å²) in [5, 5.41) is 21.7. The number of nitrogens with zero attached hydrogens (tertiary/aromatic N) is 7. The summed E-state index contributed by atoms with van der Waals surface area (Å²) in [5.74, 6) is -0.267. The molecule has 6 rings (SSSR count). The second kappa shape index (κ2) is 7.81. The number of anilines is 1. The van der Waals surface area contributed by atoms with Crippen molar-refractivity contribution in [3.63, 3.8) is 0 Å². The molecule has 10 heteroatoms. The molecule has 0 saturated carbocycles. The molecule has 3 aliphatic heterocycles. The highest BCUT2D eigenvalue weighted by Gasteiger charge is 2.38. The van der Waals surface area contributed by atoms with Crippen LogP contribution in [0.1, 0.15) is 55.4 Å². The molecule has 1 saturated heterocycles. The molecular weight excluding hydrogens is 435 g/mol. The van der Waals surface area contributed by atoms with Crippen molar-refractivity contribution in [2.24, 2.45) is 0 Å². The Morgan fingerprint density at radius 1 is 1.26 bits per heavy atom. The van der Waals surface area contributed by atoms with E-state index in [-0.39, 0.29) is 24.0 Å². The van der Waals surface area contributed by atoms with E-state index in [4.69, 9.17) is 5.10 Å². The molecule has 9 nitrogen and oxygen atoms in total. The first-order valence-electron chi connectivity index (χ1n) is 11.9. The Kier molecular flexibility index (Phi) is 4.85. The average molecular weight is 463 g/mol. The van der Waals surface area contributed by atoms with Gasteiger partial charge in [0.05, 0.1) is 48.4 Å². The lowest BCUT2D eigenvalue weighted by atomic mass is 9.96. The summed E-state index contributed by atoms with van der Waals surface area (Å²) in [5.41, 5.74) is 4.62. The van der Waals surface area contributed by atoms with Gasteiger partial charge in [0.25, 0.3) is 0 Å². The second-order valence-corrected chi connectivity index (χ2v) is 9.68. The topological polar surface area (TPSA) is 94.5 Å². The van der Waals surface area contributed by atoms with E-state index in [1.54, 1.807) is 6.07 Å². The zero-order chi connectivity index (χ0) is 23.6. The lowest BCUT2D eigenvalue weighted by Gasteiger charge is -2.36. The van der Waals surface area contributed by atoms with Gasteiger partial charge >= 0.3 is 0 Å². The standard InChI is InChI=1S/C24H27FN8O/c1-14-8-17-20(12-31(14)24(34)19-4-3-7-27-19)29-32-15(2)11-30(13-22(17)32)21-6-5-16(9-26)33-23(21)18(25)10-28-33/h5-6,10,14-15,19,27H,3-4,7-8,11-13H2,1-2H3/t14-,15+,19-/m0/s1. The van der Waals surface area contributed by atoms with E-state index >= 15 is 0 Å². The summed E-state index contributed by atoms with van der Waals surface area (Å²) in [4.78, 5) is 17.2. The van der Waals surface area contributed by atoms with Gasteiger partial charge in [-0.05, 0) is 51.8 Å². The number of carbonyl (C=O) groups is 1. The third-order valence-electron chi connectivity index (χ3n) is 7.49. The molecule has 1 N–H and O–H groups in total. The van der Waals surface area contributed by atoms with Gasteiger partial charge in [0.1, 0.15) is 17.3 Å². The van der Waals surface area contributed by atoms with E-state index in [1.165, 1.54) is 10.1 Å². The number of nitrogens with one attached hydrogen (secondary N) is 1. The number of halogens is 1. The number of aromatic nitrogens is 4. The zero-order valence-corrected chi connectivity index (χ0v) is 19.3. The van der Waals surface area contributed by atoms with Crippen LogP contribution >= 0.6 is 0 Å². The number of fused-ring (bicyclic) bond motifs is 4. The quantitative estimate of drug-likeness (QED) is 0.627. The summed E-state index contributed by atoms with van der Waals surface area (Å²) in [7, 11) is 0. The first-order valence-corrected chi connectivity index (χ1v) is 11.9. The molecule has 34 heavy (non-hydrogen) atoms. The fraction of sp³-hybridized carbons (Fsp3) is 0.500. The van der Waals surface area contributed by atoms with Crippen LogP contribution in [0.15, 0.2) is 18.3 Å². The summed E-state index contributed by atoms with van der Waals surface area (Å²) in [6, 6.07) is 5.65. The van der Waals surface area contributed by atoms with Gasteiger partial charge in [0, 0.05) is 18.2 Å². The second-order valence-electron chi connectivity index (χ2n) is 9.68. The van der Waals surface area contributed by atoms with Gasteiger partial charge in [0.2, 0.25) is 5.91 Å². The Balaban J connectivity index is 1.34. The Morgan fingerprint density at radius 3 is 2.88 bits per heavy atom. The predicted octanol–water partition coefficient (Wildman–Crippen LogP) is 2.15.